The minimum atomic E-state index is -3.29. The lowest BCUT2D eigenvalue weighted by atomic mass is 10.0. The van der Waals surface area contributed by atoms with Gasteiger partial charge in [0.2, 0.25) is 0 Å². The SMILES string of the molecule is CCOc1cc([C@@H](CS(C)(=O)=O)Nc2cccc(-c3cnn(C)c3)c2N)ccc1OC. The largest absolute Gasteiger partial charge is 0.493 e. The summed E-state index contributed by atoms with van der Waals surface area (Å²) in [6.07, 6.45) is 4.83. The molecule has 166 valence electrons. The molecule has 0 unspecified atom stereocenters. The second-order valence-electron chi connectivity index (χ2n) is 7.30. The number of nitrogen functional groups attached to an aromatic ring is 1. The Balaban J connectivity index is 2.01. The highest BCUT2D eigenvalue weighted by Crippen LogP contribution is 2.36. The molecule has 31 heavy (non-hydrogen) atoms. The molecular formula is C22H28N4O4S. The van der Waals surface area contributed by atoms with E-state index in [2.05, 4.69) is 10.4 Å². The summed E-state index contributed by atoms with van der Waals surface area (Å²) >= 11 is 0. The van der Waals surface area contributed by atoms with E-state index in [1.807, 2.05) is 44.4 Å². The Morgan fingerprint density at radius 1 is 1.23 bits per heavy atom. The fourth-order valence-corrected chi connectivity index (χ4v) is 4.27. The molecule has 0 aliphatic heterocycles. The number of sulfone groups is 1. The number of hydrogen-bond acceptors (Lipinski definition) is 7. The first kappa shape index (κ1) is 22.5. The Bertz CT molecular complexity index is 1160. The topological polar surface area (TPSA) is 108 Å². The Hall–Kier alpha value is -3.20. The highest BCUT2D eigenvalue weighted by Gasteiger charge is 2.21. The van der Waals surface area contributed by atoms with Crippen molar-refractivity contribution < 1.29 is 17.9 Å². The number of rotatable bonds is 9. The van der Waals surface area contributed by atoms with Crippen LogP contribution in [-0.4, -0.2) is 43.9 Å². The quantitative estimate of drug-likeness (QED) is 0.488. The van der Waals surface area contributed by atoms with E-state index >= 15 is 0 Å². The van der Waals surface area contributed by atoms with Gasteiger partial charge < -0.3 is 20.5 Å². The van der Waals surface area contributed by atoms with E-state index in [4.69, 9.17) is 15.2 Å². The number of ether oxygens (including phenoxy) is 2. The van der Waals surface area contributed by atoms with Crippen LogP contribution in [-0.2, 0) is 16.9 Å². The number of aryl methyl sites for hydroxylation is 1. The van der Waals surface area contributed by atoms with Crippen molar-refractivity contribution in [2.24, 2.45) is 7.05 Å². The first-order chi connectivity index (χ1) is 14.7. The Morgan fingerprint density at radius 2 is 2.00 bits per heavy atom. The van der Waals surface area contributed by atoms with Crippen molar-refractivity contribution in [3.63, 3.8) is 0 Å². The fraction of sp³-hybridized carbons (Fsp3) is 0.318. The van der Waals surface area contributed by atoms with E-state index in [1.165, 1.54) is 6.26 Å². The number of benzene rings is 2. The van der Waals surface area contributed by atoms with Crippen LogP contribution in [0.4, 0.5) is 11.4 Å². The molecule has 0 radical (unpaired) electrons. The molecule has 0 aliphatic rings. The van der Waals surface area contributed by atoms with Crippen LogP contribution in [0.1, 0.15) is 18.5 Å². The standard InChI is InChI=1S/C22H28N4O4S/c1-5-30-21-11-15(9-10-20(21)29-3)19(14-31(4,27)28)25-18-8-6-7-17(22(18)23)16-12-24-26(2)13-16/h6-13,19,25H,5,14,23H2,1-4H3/t19-/m1/s1. The molecule has 8 nitrogen and oxygen atoms in total. The molecule has 3 aromatic rings. The predicted molar refractivity (Wildman–Crippen MR) is 123 cm³/mol. The smallest absolute Gasteiger partial charge is 0.161 e. The molecule has 0 saturated carbocycles. The van der Waals surface area contributed by atoms with Gasteiger partial charge in [0.25, 0.3) is 0 Å². The van der Waals surface area contributed by atoms with Crippen LogP contribution < -0.4 is 20.5 Å². The van der Waals surface area contributed by atoms with Crippen molar-refractivity contribution >= 4 is 21.2 Å². The molecule has 1 heterocycles. The molecule has 0 fully saturated rings. The lowest BCUT2D eigenvalue weighted by molar-refractivity contribution is 0.310. The average Bonchev–Trinajstić information content (AvgIpc) is 3.14. The van der Waals surface area contributed by atoms with Crippen LogP contribution in [0.2, 0.25) is 0 Å². The van der Waals surface area contributed by atoms with Gasteiger partial charge in [0.15, 0.2) is 11.5 Å². The first-order valence-electron chi connectivity index (χ1n) is 9.84. The van der Waals surface area contributed by atoms with Crippen LogP contribution in [0.3, 0.4) is 0 Å². The number of anilines is 2. The molecule has 1 aromatic heterocycles. The number of methoxy groups -OCH3 is 1. The maximum absolute atomic E-state index is 12.2. The van der Waals surface area contributed by atoms with Gasteiger partial charge in [-0.15, -0.1) is 0 Å². The average molecular weight is 445 g/mol. The number of nitrogens with two attached hydrogens (primary N) is 1. The van der Waals surface area contributed by atoms with Crippen LogP contribution in [0.5, 0.6) is 11.5 Å². The van der Waals surface area contributed by atoms with Gasteiger partial charge in [-0.1, -0.05) is 18.2 Å². The Kier molecular flexibility index (Phi) is 6.74. The third kappa shape index (κ3) is 5.49. The van der Waals surface area contributed by atoms with Crippen molar-refractivity contribution in [2.75, 3.05) is 36.8 Å². The molecule has 3 rings (SSSR count). The van der Waals surface area contributed by atoms with E-state index in [9.17, 15) is 8.42 Å². The van der Waals surface area contributed by atoms with E-state index in [0.717, 1.165) is 16.7 Å². The highest BCUT2D eigenvalue weighted by molar-refractivity contribution is 7.90. The molecule has 3 N–H and O–H groups in total. The van der Waals surface area contributed by atoms with Crippen molar-refractivity contribution in [1.82, 2.24) is 9.78 Å². The summed E-state index contributed by atoms with van der Waals surface area (Å²) in [5.74, 6) is 1.03. The van der Waals surface area contributed by atoms with Gasteiger partial charge in [0, 0.05) is 30.6 Å². The molecule has 0 spiro atoms. The van der Waals surface area contributed by atoms with E-state index in [1.54, 1.807) is 30.1 Å². The van der Waals surface area contributed by atoms with Gasteiger partial charge in [-0.3, -0.25) is 4.68 Å². The predicted octanol–water partition coefficient (Wildman–Crippen LogP) is 3.27. The van der Waals surface area contributed by atoms with Crippen LogP contribution in [0, 0.1) is 0 Å². The molecule has 0 aliphatic carbocycles. The first-order valence-corrected chi connectivity index (χ1v) is 11.9. The maximum atomic E-state index is 12.2. The number of aromatic nitrogens is 2. The van der Waals surface area contributed by atoms with E-state index in [0.29, 0.717) is 29.5 Å². The summed E-state index contributed by atoms with van der Waals surface area (Å²) in [7, 11) is 0.108. The molecule has 1 atom stereocenters. The van der Waals surface area contributed by atoms with Crippen molar-refractivity contribution in [3.05, 3.63) is 54.4 Å². The molecule has 9 heteroatoms. The molecule has 2 aromatic carbocycles. The number of para-hydroxylation sites is 1. The van der Waals surface area contributed by atoms with Crippen LogP contribution in [0.15, 0.2) is 48.8 Å². The van der Waals surface area contributed by atoms with Crippen LogP contribution >= 0.6 is 0 Å². The second-order valence-corrected chi connectivity index (χ2v) is 9.49. The monoisotopic (exact) mass is 444 g/mol. The summed E-state index contributed by atoms with van der Waals surface area (Å²) in [6, 6.07) is 10.5. The van der Waals surface area contributed by atoms with Crippen molar-refractivity contribution in [3.8, 4) is 22.6 Å². The molecular weight excluding hydrogens is 416 g/mol. The summed E-state index contributed by atoms with van der Waals surface area (Å²) in [4.78, 5) is 0. The third-order valence-electron chi connectivity index (χ3n) is 4.81. The van der Waals surface area contributed by atoms with Crippen molar-refractivity contribution in [2.45, 2.75) is 13.0 Å². The minimum absolute atomic E-state index is 0.110. The van der Waals surface area contributed by atoms with Gasteiger partial charge in [-0.2, -0.15) is 5.10 Å². The van der Waals surface area contributed by atoms with Gasteiger partial charge >= 0.3 is 0 Å². The minimum Gasteiger partial charge on any atom is -0.493 e. The summed E-state index contributed by atoms with van der Waals surface area (Å²) in [5.41, 5.74) is 10.1. The zero-order chi connectivity index (χ0) is 22.6. The maximum Gasteiger partial charge on any atom is 0.161 e. The lowest BCUT2D eigenvalue weighted by Gasteiger charge is -2.23. The second kappa shape index (κ2) is 9.30. The van der Waals surface area contributed by atoms with Gasteiger partial charge in [0.05, 0.1) is 43.1 Å². The Labute approximate surface area is 182 Å². The van der Waals surface area contributed by atoms with Crippen molar-refractivity contribution in [1.29, 1.82) is 0 Å². The van der Waals surface area contributed by atoms with E-state index in [-0.39, 0.29) is 5.75 Å². The number of nitrogens with zero attached hydrogens (tertiary/aromatic N) is 2. The zero-order valence-electron chi connectivity index (χ0n) is 18.1. The zero-order valence-corrected chi connectivity index (χ0v) is 18.9. The third-order valence-corrected chi connectivity index (χ3v) is 5.75. The number of nitrogens with one attached hydrogen (secondary N) is 1. The van der Waals surface area contributed by atoms with E-state index < -0.39 is 15.9 Å². The Morgan fingerprint density at radius 3 is 2.61 bits per heavy atom. The van der Waals surface area contributed by atoms with Gasteiger partial charge in [-0.05, 0) is 30.7 Å². The lowest BCUT2D eigenvalue weighted by Crippen LogP contribution is -2.21. The molecule has 0 bridgehead atoms. The van der Waals surface area contributed by atoms with Crippen LogP contribution in [0.25, 0.3) is 11.1 Å². The summed E-state index contributed by atoms with van der Waals surface area (Å²) in [5, 5.41) is 7.52. The van der Waals surface area contributed by atoms with Gasteiger partial charge in [-0.25, -0.2) is 8.42 Å². The summed E-state index contributed by atoms with van der Waals surface area (Å²) < 4.78 is 37.1. The highest BCUT2D eigenvalue weighted by atomic mass is 32.2. The fourth-order valence-electron chi connectivity index (χ4n) is 3.39. The normalized spacial score (nSPS) is 12.4. The summed E-state index contributed by atoms with van der Waals surface area (Å²) in [6.45, 7) is 2.34. The van der Waals surface area contributed by atoms with Gasteiger partial charge in [0.1, 0.15) is 9.84 Å². The number of hydrogen-bond donors (Lipinski definition) is 2. The molecule has 0 saturated heterocycles. The molecule has 0 amide bonds.